The van der Waals surface area contributed by atoms with Gasteiger partial charge in [0.05, 0.1) is 31.4 Å². The minimum atomic E-state index is -0.710. The molecule has 0 heterocycles. The lowest BCUT2D eigenvalue weighted by molar-refractivity contribution is -0.142. The molecule has 120 valence electrons. The molecule has 0 unspecified atom stereocenters. The Balaban J connectivity index is 2.04. The number of nitrogens with one attached hydrogen (secondary N) is 1. The van der Waals surface area contributed by atoms with Crippen LogP contribution in [0.1, 0.15) is 36.0 Å². The predicted molar refractivity (Wildman–Crippen MR) is 81.3 cm³/mol. The van der Waals surface area contributed by atoms with Gasteiger partial charge in [0.2, 0.25) is 0 Å². The predicted octanol–water partition coefficient (Wildman–Crippen LogP) is 2.54. The Kier molecular flexibility index (Phi) is 5.25. The Bertz CT molecular complexity index is 549. The number of ether oxygens (including phenoxy) is 2. The summed E-state index contributed by atoms with van der Waals surface area (Å²) in [5.74, 6) is -0.782. The fraction of sp³-hybridized carbons (Fsp3) is 0.500. The fourth-order valence-electron chi connectivity index (χ4n) is 2.76. The minimum absolute atomic E-state index is 0.216. The third-order valence-corrected chi connectivity index (χ3v) is 4.06. The highest BCUT2D eigenvalue weighted by Crippen LogP contribution is 2.31. The first-order valence-corrected chi connectivity index (χ1v) is 7.30. The van der Waals surface area contributed by atoms with Gasteiger partial charge in [-0.1, -0.05) is 0 Å². The van der Waals surface area contributed by atoms with E-state index in [0.717, 1.165) is 18.5 Å². The first kappa shape index (κ1) is 16.1. The number of carboxylic acid groups (broad SMARTS) is 1. The van der Waals surface area contributed by atoms with Crippen LogP contribution < -0.4 is 10.1 Å². The highest BCUT2D eigenvalue weighted by Gasteiger charge is 2.26. The van der Waals surface area contributed by atoms with Crippen molar-refractivity contribution in [2.45, 2.75) is 31.7 Å². The second kappa shape index (κ2) is 7.15. The number of anilines is 1. The van der Waals surface area contributed by atoms with Crippen LogP contribution in [0.4, 0.5) is 5.69 Å². The summed E-state index contributed by atoms with van der Waals surface area (Å²) in [6.45, 7) is 0. The second-order valence-corrected chi connectivity index (χ2v) is 5.44. The van der Waals surface area contributed by atoms with E-state index in [1.807, 2.05) is 0 Å². The van der Waals surface area contributed by atoms with Gasteiger partial charge in [0, 0.05) is 6.04 Å². The maximum absolute atomic E-state index is 11.5. The van der Waals surface area contributed by atoms with Gasteiger partial charge >= 0.3 is 11.9 Å². The van der Waals surface area contributed by atoms with Gasteiger partial charge < -0.3 is 19.9 Å². The van der Waals surface area contributed by atoms with E-state index >= 15 is 0 Å². The van der Waals surface area contributed by atoms with Crippen molar-refractivity contribution in [2.24, 2.45) is 5.92 Å². The van der Waals surface area contributed by atoms with Crippen LogP contribution in [-0.2, 0) is 9.53 Å². The molecule has 0 radical (unpaired) electrons. The number of carbonyl (C=O) groups excluding carboxylic acids is 1. The van der Waals surface area contributed by atoms with E-state index in [1.165, 1.54) is 7.11 Å². The molecule has 6 heteroatoms. The summed E-state index contributed by atoms with van der Waals surface area (Å²) >= 11 is 0. The number of aliphatic carboxylic acids is 1. The van der Waals surface area contributed by atoms with Crippen molar-refractivity contribution in [1.29, 1.82) is 0 Å². The smallest absolute Gasteiger partial charge is 0.337 e. The topological polar surface area (TPSA) is 84.9 Å². The first-order valence-electron chi connectivity index (χ1n) is 7.30. The van der Waals surface area contributed by atoms with Crippen LogP contribution in [0.3, 0.4) is 0 Å². The number of carboxylic acids is 1. The van der Waals surface area contributed by atoms with Gasteiger partial charge in [-0.3, -0.25) is 4.79 Å². The van der Waals surface area contributed by atoms with E-state index in [2.05, 4.69) is 10.1 Å². The molecule has 6 nitrogen and oxygen atoms in total. The van der Waals surface area contributed by atoms with Gasteiger partial charge in [-0.2, -0.15) is 0 Å². The van der Waals surface area contributed by atoms with E-state index in [-0.39, 0.29) is 12.0 Å². The van der Waals surface area contributed by atoms with E-state index in [4.69, 9.17) is 9.84 Å². The first-order chi connectivity index (χ1) is 10.5. The van der Waals surface area contributed by atoms with Gasteiger partial charge in [-0.25, -0.2) is 4.79 Å². The molecule has 0 amide bonds. The fourth-order valence-corrected chi connectivity index (χ4v) is 2.76. The molecular weight excluding hydrogens is 286 g/mol. The van der Waals surface area contributed by atoms with Crippen molar-refractivity contribution in [3.63, 3.8) is 0 Å². The van der Waals surface area contributed by atoms with Crippen molar-refractivity contribution in [3.8, 4) is 5.75 Å². The molecule has 2 N–H and O–H groups in total. The molecule has 0 spiro atoms. The summed E-state index contributed by atoms with van der Waals surface area (Å²) in [5, 5.41) is 12.4. The van der Waals surface area contributed by atoms with Crippen molar-refractivity contribution >= 4 is 17.6 Å². The monoisotopic (exact) mass is 307 g/mol. The minimum Gasteiger partial charge on any atom is -0.495 e. The number of carbonyl (C=O) groups is 2. The van der Waals surface area contributed by atoms with Crippen LogP contribution in [0, 0.1) is 5.92 Å². The average Bonchev–Trinajstić information content (AvgIpc) is 2.55. The van der Waals surface area contributed by atoms with Gasteiger partial charge in [-0.05, 0) is 43.9 Å². The highest BCUT2D eigenvalue weighted by atomic mass is 16.5. The third kappa shape index (κ3) is 3.69. The summed E-state index contributed by atoms with van der Waals surface area (Å²) in [7, 11) is 2.88. The number of esters is 1. The van der Waals surface area contributed by atoms with Crippen LogP contribution >= 0.6 is 0 Å². The van der Waals surface area contributed by atoms with Gasteiger partial charge in [0.15, 0.2) is 0 Å². The summed E-state index contributed by atoms with van der Waals surface area (Å²) in [5.41, 5.74) is 1.23. The lowest BCUT2D eigenvalue weighted by Crippen LogP contribution is -2.29. The molecule has 1 fully saturated rings. The number of benzene rings is 1. The molecule has 2 rings (SSSR count). The summed E-state index contributed by atoms with van der Waals surface area (Å²) < 4.78 is 10.0. The Labute approximate surface area is 129 Å². The normalized spacial score (nSPS) is 21.0. The molecule has 1 aromatic carbocycles. The van der Waals surface area contributed by atoms with Crippen LogP contribution in [0.5, 0.6) is 5.75 Å². The van der Waals surface area contributed by atoms with Crippen LogP contribution in [0.25, 0.3) is 0 Å². The number of rotatable bonds is 5. The molecule has 0 aliphatic heterocycles. The second-order valence-electron chi connectivity index (χ2n) is 5.44. The molecule has 0 saturated heterocycles. The van der Waals surface area contributed by atoms with Gasteiger partial charge in [0.25, 0.3) is 0 Å². The molecule has 22 heavy (non-hydrogen) atoms. The lowest BCUT2D eigenvalue weighted by atomic mass is 9.86. The lowest BCUT2D eigenvalue weighted by Gasteiger charge is -2.28. The Morgan fingerprint density at radius 1 is 1.18 bits per heavy atom. The molecule has 0 aromatic heterocycles. The molecule has 1 aromatic rings. The molecular formula is C16H21NO5. The summed E-state index contributed by atoms with van der Waals surface area (Å²) in [6, 6.07) is 5.32. The highest BCUT2D eigenvalue weighted by molar-refractivity contribution is 5.90. The zero-order valence-corrected chi connectivity index (χ0v) is 12.8. The quantitative estimate of drug-likeness (QED) is 0.813. The molecule has 1 aliphatic carbocycles. The largest absolute Gasteiger partial charge is 0.495 e. The van der Waals surface area contributed by atoms with E-state index in [9.17, 15) is 9.59 Å². The van der Waals surface area contributed by atoms with Gasteiger partial charge in [0.1, 0.15) is 5.75 Å². The van der Waals surface area contributed by atoms with Crippen molar-refractivity contribution in [1.82, 2.24) is 0 Å². The Morgan fingerprint density at radius 2 is 1.86 bits per heavy atom. The third-order valence-electron chi connectivity index (χ3n) is 4.06. The zero-order valence-electron chi connectivity index (χ0n) is 12.8. The molecule has 0 atom stereocenters. The average molecular weight is 307 g/mol. The standard InChI is InChI=1S/C16H21NO5/c1-21-14-9-11(16(20)22-2)5-8-13(14)17-12-6-3-10(4-7-12)15(18)19/h5,8-10,12,17H,3-4,6-7H2,1-2H3,(H,18,19). The number of methoxy groups -OCH3 is 2. The zero-order chi connectivity index (χ0) is 16.1. The molecule has 0 bridgehead atoms. The van der Waals surface area contributed by atoms with E-state index in [1.54, 1.807) is 25.3 Å². The van der Waals surface area contributed by atoms with Crippen LogP contribution in [0.2, 0.25) is 0 Å². The van der Waals surface area contributed by atoms with E-state index in [0.29, 0.717) is 24.2 Å². The van der Waals surface area contributed by atoms with E-state index < -0.39 is 11.9 Å². The van der Waals surface area contributed by atoms with Crippen molar-refractivity contribution in [3.05, 3.63) is 23.8 Å². The van der Waals surface area contributed by atoms with Crippen LogP contribution in [0.15, 0.2) is 18.2 Å². The van der Waals surface area contributed by atoms with Gasteiger partial charge in [-0.15, -0.1) is 0 Å². The number of hydrogen-bond donors (Lipinski definition) is 2. The maximum Gasteiger partial charge on any atom is 0.337 e. The van der Waals surface area contributed by atoms with Crippen molar-refractivity contribution < 1.29 is 24.2 Å². The summed E-state index contributed by atoms with van der Waals surface area (Å²) in [4.78, 5) is 22.5. The SMILES string of the molecule is COC(=O)c1ccc(NC2CCC(C(=O)O)CC2)c(OC)c1. The molecule has 1 aliphatic rings. The Morgan fingerprint density at radius 3 is 2.41 bits per heavy atom. The number of hydrogen-bond acceptors (Lipinski definition) is 5. The summed E-state index contributed by atoms with van der Waals surface area (Å²) in [6.07, 6.45) is 2.96. The van der Waals surface area contributed by atoms with Crippen molar-refractivity contribution in [2.75, 3.05) is 19.5 Å². The maximum atomic E-state index is 11.5. The molecule has 1 saturated carbocycles. The Hall–Kier alpha value is -2.24. The van der Waals surface area contributed by atoms with Crippen LogP contribution in [-0.4, -0.2) is 37.3 Å².